The maximum absolute atomic E-state index is 14.4. The van der Waals surface area contributed by atoms with Gasteiger partial charge in [0.05, 0.1) is 18.3 Å². The van der Waals surface area contributed by atoms with E-state index in [9.17, 15) is 68.1 Å². The van der Waals surface area contributed by atoms with Crippen LogP contribution in [-0.4, -0.2) is 205 Å². The van der Waals surface area contributed by atoms with Gasteiger partial charge in [-0.2, -0.15) is 0 Å². The van der Waals surface area contributed by atoms with Gasteiger partial charge in [-0.05, 0) is 129 Å². The molecule has 1 aliphatic carbocycles. The van der Waals surface area contributed by atoms with E-state index in [1.54, 1.807) is 20.9 Å². The summed E-state index contributed by atoms with van der Waals surface area (Å²) in [7, 11) is 1.58. The first-order chi connectivity index (χ1) is 39.3. The van der Waals surface area contributed by atoms with Crippen molar-refractivity contribution in [3.63, 3.8) is 0 Å². The lowest BCUT2D eigenvalue weighted by molar-refractivity contribution is -0.137. The van der Waals surface area contributed by atoms with Gasteiger partial charge in [-0.1, -0.05) is 44.2 Å². The number of carbonyl (C=O) groups is 11. The summed E-state index contributed by atoms with van der Waals surface area (Å²) >= 11 is 0. The number of rotatable bonds is 25. The molecule has 1 saturated carbocycles. The fraction of sp³-hybridized carbons (Fsp3) is 0.679. The molecule has 2 aliphatic rings. The fourth-order valence-electron chi connectivity index (χ4n) is 9.14. The number of aliphatic hydroxyl groups excluding tert-OH is 3. The molecule has 0 bridgehead atoms. The minimum Gasteiger partial charge on any atom is -0.391 e. The summed E-state index contributed by atoms with van der Waals surface area (Å²) in [6.07, 6.45) is -5.53. The standard InChI is InChI=1S/C53H90N16O14/c1-26(2)24-39-50(80)69-42(29(5)72)53(83)65-37(16-22-58-6)46(76)62-36(15-21-57)49(79)67-40(27(3)70)51(81)59-23-17-38(47(77)61-33(12-18-54)45(75)66-39)63-44(74)34(13-19-55)64-52(82)41(28(4)71)68-48(78)35(14-20-56)60-43(73)32-25-31(32)30-10-8-7-9-11-30/h7-11,26-29,31-42,58,70-72H,12-25,54-57H2,1-6H3,(H,59,81)(H,60,73)(H,61,77)(H,62,76)(H,63,74)(H,64,82)(H,65,83)(H,66,75)(H,67,79)(H,68,78)(H,69,80)/t27?,28?,29?,31-,32+,33+,34-,35+,36+,37+,38+,39-,40+,41+,42+/m1/s1. The highest BCUT2D eigenvalue weighted by Gasteiger charge is 2.45. The average molecular weight is 1180 g/mol. The van der Waals surface area contributed by atoms with E-state index in [1.165, 1.54) is 20.8 Å². The lowest BCUT2D eigenvalue weighted by Gasteiger charge is -2.29. The molecule has 30 nitrogen and oxygen atoms in total. The van der Waals surface area contributed by atoms with Crippen molar-refractivity contribution in [2.45, 2.75) is 171 Å². The highest BCUT2D eigenvalue weighted by atomic mass is 16.3. The molecule has 15 atom stereocenters. The Morgan fingerprint density at radius 1 is 0.578 bits per heavy atom. The van der Waals surface area contributed by atoms with E-state index in [1.807, 2.05) is 30.3 Å². The van der Waals surface area contributed by atoms with Crippen LogP contribution in [0.25, 0.3) is 0 Å². The third-order valence-electron chi connectivity index (χ3n) is 13.9. The highest BCUT2D eigenvalue weighted by Crippen LogP contribution is 2.47. The maximum Gasteiger partial charge on any atom is 0.245 e. The van der Waals surface area contributed by atoms with Gasteiger partial charge in [0.15, 0.2) is 0 Å². The zero-order valence-corrected chi connectivity index (χ0v) is 48.2. The van der Waals surface area contributed by atoms with E-state index >= 15 is 0 Å². The van der Waals surface area contributed by atoms with Crippen molar-refractivity contribution in [3.8, 4) is 0 Å². The number of nitrogens with one attached hydrogen (secondary N) is 12. The largest absolute Gasteiger partial charge is 0.391 e. The summed E-state index contributed by atoms with van der Waals surface area (Å²) < 4.78 is 0. The lowest BCUT2D eigenvalue weighted by atomic mass is 10.0. The van der Waals surface area contributed by atoms with Gasteiger partial charge in [-0.15, -0.1) is 0 Å². The van der Waals surface area contributed by atoms with Gasteiger partial charge >= 0.3 is 0 Å². The Morgan fingerprint density at radius 2 is 1.07 bits per heavy atom. The molecule has 1 heterocycles. The molecule has 0 spiro atoms. The Labute approximate surface area is 483 Å². The van der Waals surface area contributed by atoms with Crippen LogP contribution in [0, 0.1) is 11.8 Å². The number of benzene rings is 1. The van der Waals surface area contributed by atoms with E-state index in [0.29, 0.717) is 6.42 Å². The van der Waals surface area contributed by atoms with Gasteiger partial charge in [0.25, 0.3) is 0 Å². The molecule has 11 amide bonds. The minimum atomic E-state index is -1.72. The molecule has 466 valence electrons. The molecule has 1 aliphatic heterocycles. The SMILES string of the molecule is CNCC[C@@H]1NC(=O)[C@H](C(C)O)NC(=O)[C@@H](CC(C)C)NC(=O)[C@H](CCN)NC(=O)[C@@H](NC(=O)[C@@H](CCN)NC(=O)[C@@H](NC(=O)[C@H](CCN)NC(=O)[C@H]2C[C@@H]2c2ccccc2)C(C)O)CCNC(=O)[C@H](C(C)O)NC(=O)[C@H](CCN)NC1=O. The Bertz CT molecular complexity index is 2350. The van der Waals surface area contributed by atoms with Crippen LogP contribution in [-0.2, 0) is 52.7 Å². The van der Waals surface area contributed by atoms with Gasteiger partial charge in [-0.25, -0.2) is 0 Å². The van der Waals surface area contributed by atoms with Crippen LogP contribution in [0.1, 0.15) is 97.5 Å². The zero-order valence-electron chi connectivity index (χ0n) is 48.2. The molecule has 1 aromatic rings. The minimum absolute atomic E-state index is 0.0344. The third kappa shape index (κ3) is 22.6. The van der Waals surface area contributed by atoms with Crippen LogP contribution in [0.5, 0.6) is 0 Å². The quantitative estimate of drug-likeness (QED) is 0.0432. The summed E-state index contributed by atoms with van der Waals surface area (Å²) in [5.74, 6) is -11.0. The van der Waals surface area contributed by atoms with Crippen LogP contribution >= 0.6 is 0 Å². The van der Waals surface area contributed by atoms with Crippen LogP contribution in [0.3, 0.4) is 0 Å². The summed E-state index contributed by atoms with van der Waals surface area (Å²) in [5, 5.41) is 62.7. The van der Waals surface area contributed by atoms with Gasteiger partial charge in [0, 0.05) is 12.5 Å². The number of hydrogen-bond donors (Lipinski definition) is 19. The molecule has 0 aromatic heterocycles. The van der Waals surface area contributed by atoms with Crippen molar-refractivity contribution in [2.75, 3.05) is 46.3 Å². The van der Waals surface area contributed by atoms with Gasteiger partial charge in [0.2, 0.25) is 65.0 Å². The van der Waals surface area contributed by atoms with Gasteiger partial charge in [0.1, 0.15) is 60.4 Å². The van der Waals surface area contributed by atoms with Crippen LogP contribution < -0.4 is 86.7 Å². The van der Waals surface area contributed by atoms with Crippen LogP contribution in [0.15, 0.2) is 30.3 Å². The molecule has 2 fully saturated rings. The molecule has 30 heteroatoms. The van der Waals surface area contributed by atoms with Crippen molar-refractivity contribution >= 4 is 65.0 Å². The summed E-state index contributed by atoms with van der Waals surface area (Å²) in [5.41, 5.74) is 24.4. The second kappa shape index (κ2) is 35.3. The molecule has 83 heavy (non-hydrogen) atoms. The number of carbonyl (C=O) groups excluding carboxylic acids is 11. The molecule has 23 N–H and O–H groups in total. The predicted molar refractivity (Wildman–Crippen MR) is 302 cm³/mol. The average Bonchev–Trinajstić information content (AvgIpc) is 4.15. The number of amides is 11. The van der Waals surface area contributed by atoms with E-state index in [2.05, 4.69) is 63.8 Å². The Kier molecular flexibility index (Phi) is 29.9. The second-order valence-corrected chi connectivity index (χ2v) is 21.4. The van der Waals surface area contributed by atoms with Gasteiger partial charge in [-0.3, -0.25) is 52.7 Å². The molecular weight excluding hydrogens is 1080 g/mol. The lowest BCUT2D eigenvalue weighted by Crippen LogP contribution is -2.62. The van der Waals surface area contributed by atoms with Crippen molar-refractivity contribution in [1.82, 2.24) is 63.8 Å². The maximum atomic E-state index is 14.4. The number of hydrogen-bond acceptors (Lipinski definition) is 19. The van der Waals surface area contributed by atoms with Crippen LogP contribution in [0.4, 0.5) is 0 Å². The normalized spacial score (nSPS) is 25.6. The molecule has 1 saturated heterocycles. The summed E-state index contributed by atoms with van der Waals surface area (Å²) in [4.78, 5) is 153. The molecule has 3 rings (SSSR count). The van der Waals surface area contributed by atoms with Gasteiger partial charge < -0.3 is 102 Å². The zero-order chi connectivity index (χ0) is 62.1. The van der Waals surface area contributed by atoms with Crippen molar-refractivity contribution in [3.05, 3.63) is 35.9 Å². The molecular formula is C53H90N16O14. The fourth-order valence-corrected chi connectivity index (χ4v) is 9.14. The Morgan fingerprint density at radius 3 is 1.59 bits per heavy atom. The second-order valence-electron chi connectivity index (χ2n) is 21.4. The van der Waals surface area contributed by atoms with E-state index in [4.69, 9.17) is 22.9 Å². The first-order valence-corrected chi connectivity index (χ1v) is 28.2. The molecule has 3 unspecified atom stereocenters. The highest BCUT2D eigenvalue weighted by molar-refractivity contribution is 5.99. The number of nitrogens with two attached hydrogens (primary N) is 4. The van der Waals surface area contributed by atoms with Crippen molar-refractivity contribution in [2.24, 2.45) is 34.8 Å². The Balaban J connectivity index is 2.01. The van der Waals surface area contributed by atoms with E-state index in [0.717, 1.165) is 5.56 Å². The molecule has 0 radical (unpaired) electrons. The van der Waals surface area contributed by atoms with Crippen molar-refractivity contribution < 1.29 is 68.1 Å². The first kappa shape index (κ1) is 70.3. The summed E-state index contributed by atoms with van der Waals surface area (Å²) in [6.45, 7) is 6.08. The number of aliphatic hydroxyl groups is 3. The Hall–Kier alpha value is -6.93. The van der Waals surface area contributed by atoms with Crippen molar-refractivity contribution in [1.29, 1.82) is 0 Å². The summed E-state index contributed by atoms with van der Waals surface area (Å²) in [6, 6.07) is -6.00. The first-order valence-electron chi connectivity index (χ1n) is 28.2. The monoisotopic (exact) mass is 1170 g/mol. The van der Waals surface area contributed by atoms with Crippen LogP contribution in [0.2, 0.25) is 0 Å². The smallest absolute Gasteiger partial charge is 0.245 e. The molecule has 1 aromatic carbocycles. The topological polar surface area (TPSA) is 497 Å². The van der Waals surface area contributed by atoms with E-state index in [-0.39, 0.29) is 83.1 Å². The predicted octanol–water partition coefficient (Wildman–Crippen LogP) is -7.65. The van der Waals surface area contributed by atoms with E-state index < -0.39 is 163 Å². The third-order valence-corrected chi connectivity index (χ3v) is 13.9.